The van der Waals surface area contributed by atoms with Crippen molar-refractivity contribution in [1.29, 1.82) is 0 Å². The molecule has 2 rings (SSSR count). The number of rotatable bonds is 7. The van der Waals surface area contributed by atoms with E-state index in [9.17, 15) is 4.79 Å². The summed E-state index contributed by atoms with van der Waals surface area (Å²) in [5.41, 5.74) is 6.88. The van der Waals surface area contributed by atoms with Crippen molar-refractivity contribution in [2.75, 3.05) is 6.54 Å². The number of benzene rings is 1. The number of nitrogens with zero attached hydrogens (tertiary/aromatic N) is 2. The van der Waals surface area contributed by atoms with Crippen molar-refractivity contribution in [3.63, 3.8) is 0 Å². The molecule has 0 aliphatic carbocycles. The van der Waals surface area contributed by atoms with Crippen LogP contribution in [0.5, 0.6) is 0 Å². The predicted octanol–water partition coefficient (Wildman–Crippen LogP) is 1.21. The van der Waals surface area contributed by atoms with Gasteiger partial charge in [0.1, 0.15) is 0 Å². The highest BCUT2D eigenvalue weighted by atomic mass is 16.1. The highest BCUT2D eigenvalue weighted by Gasteiger charge is 2.19. The van der Waals surface area contributed by atoms with Gasteiger partial charge in [-0.15, -0.1) is 0 Å². The van der Waals surface area contributed by atoms with Gasteiger partial charge in [0, 0.05) is 25.0 Å². The van der Waals surface area contributed by atoms with Crippen molar-refractivity contribution < 1.29 is 4.79 Å². The van der Waals surface area contributed by atoms with Gasteiger partial charge in [0.05, 0.1) is 12.5 Å². The Labute approximate surface area is 125 Å². The van der Waals surface area contributed by atoms with Gasteiger partial charge in [-0.05, 0) is 25.0 Å². The zero-order chi connectivity index (χ0) is 15.1. The highest BCUT2D eigenvalue weighted by Crippen LogP contribution is 2.08. The van der Waals surface area contributed by atoms with Crippen LogP contribution in [-0.2, 0) is 17.8 Å². The minimum Gasteiger partial charge on any atom is -0.351 e. The molecule has 1 heterocycles. The molecule has 5 nitrogen and oxygen atoms in total. The minimum atomic E-state index is -0.201. The van der Waals surface area contributed by atoms with Crippen molar-refractivity contribution in [3.05, 3.63) is 54.4 Å². The van der Waals surface area contributed by atoms with E-state index in [1.54, 1.807) is 10.9 Å². The average Bonchev–Trinajstić information content (AvgIpc) is 2.98. The number of aromatic nitrogens is 2. The fourth-order valence-electron chi connectivity index (χ4n) is 2.28. The fourth-order valence-corrected chi connectivity index (χ4v) is 2.28. The summed E-state index contributed by atoms with van der Waals surface area (Å²) in [6.45, 7) is 2.96. The number of amides is 1. The van der Waals surface area contributed by atoms with Gasteiger partial charge in [-0.25, -0.2) is 0 Å². The van der Waals surface area contributed by atoms with Crippen molar-refractivity contribution in [2.45, 2.75) is 25.9 Å². The van der Waals surface area contributed by atoms with Gasteiger partial charge in [-0.2, -0.15) is 5.10 Å². The predicted molar refractivity (Wildman–Crippen MR) is 82.5 cm³/mol. The van der Waals surface area contributed by atoms with Gasteiger partial charge in [-0.1, -0.05) is 30.3 Å². The van der Waals surface area contributed by atoms with Gasteiger partial charge < -0.3 is 11.1 Å². The second kappa shape index (κ2) is 7.59. The Morgan fingerprint density at radius 1 is 1.33 bits per heavy atom. The van der Waals surface area contributed by atoms with E-state index in [0.717, 1.165) is 5.56 Å². The molecule has 0 aliphatic rings. The third-order valence-electron chi connectivity index (χ3n) is 3.39. The lowest BCUT2D eigenvalue weighted by Crippen LogP contribution is -2.42. The van der Waals surface area contributed by atoms with Gasteiger partial charge in [0.15, 0.2) is 0 Å². The second-order valence-electron chi connectivity index (χ2n) is 5.26. The molecule has 0 saturated carbocycles. The van der Waals surface area contributed by atoms with Crippen LogP contribution in [0.3, 0.4) is 0 Å². The zero-order valence-electron chi connectivity index (χ0n) is 12.3. The zero-order valence-corrected chi connectivity index (χ0v) is 12.3. The molecule has 0 bridgehead atoms. The Hall–Kier alpha value is -2.14. The summed E-state index contributed by atoms with van der Waals surface area (Å²) in [6.07, 6.45) is 4.28. The molecule has 0 aliphatic heterocycles. The van der Waals surface area contributed by atoms with E-state index in [2.05, 4.69) is 10.4 Å². The van der Waals surface area contributed by atoms with Crippen LogP contribution in [-0.4, -0.2) is 28.3 Å². The summed E-state index contributed by atoms with van der Waals surface area (Å²) in [4.78, 5) is 12.3. The molecule has 3 N–H and O–H groups in total. The Kier molecular flexibility index (Phi) is 5.51. The fraction of sp³-hybridized carbons (Fsp3) is 0.375. The summed E-state index contributed by atoms with van der Waals surface area (Å²) in [7, 11) is 0. The Balaban J connectivity index is 1.87. The van der Waals surface area contributed by atoms with Crippen LogP contribution in [0.15, 0.2) is 48.8 Å². The van der Waals surface area contributed by atoms with Crippen molar-refractivity contribution in [1.82, 2.24) is 15.1 Å². The molecule has 0 spiro atoms. The summed E-state index contributed by atoms with van der Waals surface area (Å²) >= 11 is 0. The van der Waals surface area contributed by atoms with E-state index in [4.69, 9.17) is 5.73 Å². The highest BCUT2D eigenvalue weighted by molar-refractivity contribution is 5.79. The molecule has 5 heteroatoms. The van der Waals surface area contributed by atoms with Crippen LogP contribution in [0.4, 0.5) is 0 Å². The van der Waals surface area contributed by atoms with Gasteiger partial charge in [0.2, 0.25) is 5.91 Å². The SMILES string of the molecule is CC(Cn1cccn1)NC(=O)C(CN)Cc1ccccc1. The molecule has 2 atom stereocenters. The van der Waals surface area contributed by atoms with Crippen LogP contribution >= 0.6 is 0 Å². The maximum atomic E-state index is 12.3. The van der Waals surface area contributed by atoms with Crippen LogP contribution in [0.25, 0.3) is 0 Å². The Morgan fingerprint density at radius 3 is 2.71 bits per heavy atom. The first-order valence-electron chi connectivity index (χ1n) is 7.21. The summed E-state index contributed by atoms with van der Waals surface area (Å²) in [5.74, 6) is -0.200. The van der Waals surface area contributed by atoms with Gasteiger partial charge >= 0.3 is 0 Å². The van der Waals surface area contributed by atoms with E-state index >= 15 is 0 Å². The van der Waals surface area contributed by atoms with Crippen molar-refractivity contribution in [2.24, 2.45) is 11.7 Å². The summed E-state index contributed by atoms with van der Waals surface area (Å²) in [5, 5.41) is 7.15. The van der Waals surface area contributed by atoms with Crippen LogP contribution in [0, 0.1) is 5.92 Å². The lowest BCUT2D eigenvalue weighted by Gasteiger charge is -2.19. The Morgan fingerprint density at radius 2 is 2.10 bits per heavy atom. The lowest BCUT2D eigenvalue weighted by molar-refractivity contribution is -0.125. The molecule has 2 unspecified atom stereocenters. The van der Waals surface area contributed by atoms with E-state index in [1.807, 2.05) is 49.5 Å². The van der Waals surface area contributed by atoms with Crippen LogP contribution in [0.2, 0.25) is 0 Å². The molecule has 1 aromatic heterocycles. The molecule has 0 radical (unpaired) electrons. The number of nitrogens with two attached hydrogens (primary N) is 1. The number of hydrogen-bond donors (Lipinski definition) is 2. The molecule has 2 aromatic rings. The summed E-state index contributed by atoms with van der Waals surface area (Å²) in [6, 6.07) is 11.8. The van der Waals surface area contributed by atoms with Crippen LogP contribution < -0.4 is 11.1 Å². The molecular weight excluding hydrogens is 264 g/mol. The minimum absolute atomic E-state index is 0.000934. The van der Waals surface area contributed by atoms with Gasteiger partial charge in [-0.3, -0.25) is 9.48 Å². The maximum Gasteiger partial charge on any atom is 0.224 e. The number of carbonyl (C=O) groups excluding carboxylic acids is 1. The van der Waals surface area contributed by atoms with Crippen molar-refractivity contribution >= 4 is 5.91 Å². The number of carbonyl (C=O) groups is 1. The summed E-state index contributed by atoms with van der Waals surface area (Å²) < 4.78 is 1.81. The standard InChI is InChI=1S/C16H22N4O/c1-13(12-20-9-5-8-18-20)19-16(21)15(11-17)10-14-6-3-2-4-7-14/h2-9,13,15H,10-12,17H2,1H3,(H,19,21). The van der Waals surface area contributed by atoms with E-state index in [-0.39, 0.29) is 17.9 Å². The van der Waals surface area contributed by atoms with Crippen LogP contribution in [0.1, 0.15) is 12.5 Å². The number of hydrogen-bond acceptors (Lipinski definition) is 3. The third kappa shape index (κ3) is 4.72. The molecule has 0 fully saturated rings. The Bertz CT molecular complexity index is 539. The maximum absolute atomic E-state index is 12.3. The molecule has 1 amide bonds. The van der Waals surface area contributed by atoms with E-state index < -0.39 is 0 Å². The molecular formula is C16H22N4O. The molecule has 1 aromatic carbocycles. The van der Waals surface area contributed by atoms with E-state index in [1.165, 1.54) is 0 Å². The first-order valence-corrected chi connectivity index (χ1v) is 7.21. The molecule has 21 heavy (non-hydrogen) atoms. The lowest BCUT2D eigenvalue weighted by atomic mass is 9.98. The first kappa shape index (κ1) is 15.3. The third-order valence-corrected chi connectivity index (χ3v) is 3.39. The van der Waals surface area contributed by atoms with Crippen molar-refractivity contribution in [3.8, 4) is 0 Å². The topological polar surface area (TPSA) is 72.9 Å². The second-order valence-corrected chi connectivity index (χ2v) is 5.26. The normalized spacial score (nSPS) is 13.6. The average molecular weight is 286 g/mol. The molecule has 0 saturated heterocycles. The first-order chi connectivity index (χ1) is 10.2. The van der Waals surface area contributed by atoms with E-state index in [0.29, 0.717) is 19.5 Å². The monoisotopic (exact) mass is 286 g/mol. The van der Waals surface area contributed by atoms with Gasteiger partial charge in [0.25, 0.3) is 0 Å². The quantitative estimate of drug-likeness (QED) is 0.803. The molecule has 112 valence electrons. The largest absolute Gasteiger partial charge is 0.351 e. The number of nitrogens with one attached hydrogen (secondary N) is 1. The smallest absolute Gasteiger partial charge is 0.224 e.